The number of nitrogens with one attached hydrogen (secondary N) is 1. The van der Waals surface area contributed by atoms with Crippen molar-refractivity contribution in [3.8, 4) is 22.7 Å². The van der Waals surface area contributed by atoms with Crippen molar-refractivity contribution in [3.63, 3.8) is 0 Å². The van der Waals surface area contributed by atoms with Gasteiger partial charge >= 0.3 is 0 Å². The molecule has 2 N–H and O–H groups in total. The van der Waals surface area contributed by atoms with Crippen LogP contribution in [0.4, 0.5) is 10.2 Å². The van der Waals surface area contributed by atoms with Gasteiger partial charge in [0.2, 0.25) is 0 Å². The Bertz CT molecular complexity index is 1010. The van der Waals surface area contributed by atoms with Gasteiger partial charge in [0.25, 0.3) is 0 Å². The van der Waals surface area contributed by atoms with Gasteiger partial charge in [0.05, 0.1) is 23.8 Å². The summed E-state index contributed by atoms with van der Waals surface area (Å²) in [5, 5.41) is 22.5. The van der Waals surface area contributed by atoms with Crippen LogP contribution in [0, 0.1) is 0 Å². The zero-order valence-corrected chi connectivity index (χ0v) is 16.8. The molecule has 0 saturated carbocycles. The van der Waals surface area contributed by atoms with E-state index in [-0.39, 0.29) is 17.8 Å². The number of alkyl halides is 1. The number of hydrogen-bond acceptors (Lipinski definition) is 6. The van der Waals surface area contributed by atoms with Crippen LogP contribution in [0.1, 0.15) is 25.7 Å². The predicted octanol–water partition coefficient (Wildman–Crippen LogP) is 3.09. The van der Waals surface area contributed by atoms with Crippen LogP contribution in [0.3, 0.4) is 0 Å². The van der Waals surface area contributed by atoms with Gasteiger partial charge in [-0.3, -0.25) is 0 Å². The van der Waals surface area contributed by atoms with Crippen LogP contribution in [0.5, 0.6) is 5.75 Å². The van der Waals surface area contributed by atoms with Gasteiger partial charge in [-0.1, -0.05) is 6.42 Å². The number of phenolic OH excluding ortho intramolecular Hbond substituents is 1. The summed E-state index contributed by atoms with van der Waals surface area (Å²) in [6.45, 7) is 0. The van der Waals surface area contributed by atoms with E-state index < -0.39 is 6.17 Å². The summed E-state index contributed by atoms with van der Waals surface area (Å²) < 4.78 is 16.8. The molecule has 2 fully saturated rings. The smallest absolute Gasteiger partial charge is 0.151 e. The van der Waals surface area contributed by atoms with Crippen molar-refractivity contribution in [2.75, 3.05) is 11.9 Å². The maximum Gasteiger partial charge on any atom is 0.151 e. The molecule has 8 heteroatoms. The van der Waals surface area contributed by atoms with Crippen LogP contribution in [0.25, 0.3) is 16.9 Å². The average Bonchev–Trinajstić information content (AvgIpc) is 3.31. The number of fused-ring (bicyclic) bond motifs is 2. The summed E-state index contributed by atoms with van der Waals surface area (Å²) in [6, 6.07) is 9.13. The SMILES string of the molecule is CN(c1ccc(-c2ccc(-n3ccnc3)cc2O)nn1)[C@@H]1C[C@@H]2CCC[C@@H](N2)[C@@H]1F. The molecule has 2 aliphatic heterocycles. The zero-order chi connectivity index (χ0) is 20.7. The summed E-state index contributed by atoms with van der Waals surface area (Å²) in [5.74, 6) is 0.757. The first-order valence-corrected chi connectivity index (χ1v) is 10.4. The van der Waals surface area contributed by atoms with E-state index >= 15 is 4.39 Å². The Morgan fingerprint density at radius 3 is 2.83 bits per heavy atom. The molecule has 4 atom stereocenters. The minimum atomic E-state index is -0.923. The van der Waals surface area contributed by atoms with Gasteiger partial charge in [0.1, 0.15) is 11.9 Å². The second-order valence-corrected chi connectivity index (χ2v) is 8.21. The highest BCUT2D eigenvalue weighted by Crippen LogP contribution is 2.33. The minimum Gasteiger partial charge on any atom is -0.507 e. The number of hydrogen-bond donors (Lipinski definition) is 2. The molecular weight excluding hydrogens is 383 g/mol. The number of piperidine rings is 2. The molecule has 2 saturated heterocycles. The third-order valence-electron chi connectivity index (χ3n) is 6.36. The number of imidazole rings is 1. The molecule has 3 aromatic rings. The number of benzene rings is 1. The van der Waals surface area contributed by atoms with Gasteiger partial charge in [0.15, 0.2) is 5.82 Å². The molecule has 5 rings (SSSR count). The summed E-state index contributed by atoms with van der Waals surface area (Å²) in [5.41, 5.74) is 1.98. The average molecular weight is 408 g/mol. The highest BCUT2D eigenvalue weighted by atomic mass is 19.1. The van der Waals surface area contributed by atoms with Crippen molar-refractivity contribution < 1.29 is 9.50 Å². The van der Waals surface area contributed by atoms with E-state index in [0.717, 1.165) is 31.4 Å². The van der Waals surface area contributed by atoms with Crippen LogP contribution in [0.2, 0.25) is 0 Å². The fraction of sp³-hybridized carbons (Fsp3) is 0.409. The zero-order valence-electron chi connectivity index (χ0n) is 16.8. The monoisotopic (exact) mass is 408 g/mol. The van der Waals surface area contributed by atoms with E-state index in [1.165, 1.54) is 0 Å². The van der Waals surface area contributed by atoms with Crippen LogP contribution >= 0.6 is 0 Å². The molecule has 2 aromatic heterocycles. The van der Waals surface area contributed by atoms with Crippen molar-refractivity contribution >= 4 is 5.82 Å². The summed E-state index contributed by atoms with van der Waals surface area (Å²) in [7, 11) is 1.89. The van der Waals surface area contributed by atoms with Crippen LogP contribution in [-0.2, 0) is 0 Å². The highest BCUT2D eigenvalue weighted by Gasteiger charge is 2.41. The molecule has 30 heavy (non-hydrogen) atoms. The molecule has 0 spiro atoms. The van der Waals surface area contributed by atoms with Gasteiger partial charge in [0, 0.05) is 43.2 Å². The fourth-order valence-corrected chi connectivity index (χ4v) is 4.69. The molecule has 7 nitrogen and oxygen atoms in total. The number of aromatic nitrogens is 4. The van der Waals surface area contributed by atoms with E-state index in [1.807, 2.05) is 47.0 Å². The van der Waals surface area contributed by atoms with Crippen molar-refractivity contribution in [3.05, 3.63) is 49.1 Å². The lowest BCUT2D eigenvalue weighted by Gasteiger charge is -2.46. The summed E-state index contributed by atoms with van der Waals surface area (Å²) >= 11 is 0. The molecule has 0 unspecified atom stereocenters. The van der Waals surface area contributed by atoms with Crippen LogP contribution in [0.15, 0.2) is 49.1 Å². The lowest BCUT2D eigenvalue weighted by molar-refractivity contribution is 0.107. The van der Waals surface area contributed by atoms with Crippen molar-refractivity contribution in [2.45, 2.75) is 50.0 Å². The quantitative estimate of drug-likeness (QED) is 0.691. The first-order valence-electron chi connectivity index (χ1n) is 10.4. The normalized spacial score (nSPS) is 25.8. The van der Waals surface area contributed by atoms with E-state index in [2.05, 4.69) is 20.5 Å². The van der Waals surface area contributed by atoms with Gasteiger partial charge in [-0.2, -0.15) is 0 Å². The molecule has 0 aliphatic carbocycles. The van der Waals surface area contributed by atoms with Crippen molar-refractivity contribution in [2.24, 2.45) is 0 Å². The number of halogens is 1. The predicted molar refractivity (Wildman–Crippen MR) is 113 cm³/mol. The first kappa shape index (κ1) is 19.0. The van der Waals surface area contributed by atoms with Crippen LogP contribution < -0.4 is 10.2 Å². The number of rotatable bonds is 4. The highest BCUT2D eigenvalue weighted by molar-refractivity contribution is 5.69. The molecule has 0 amide bonds. The standard InChI is InChI=1S/C22H25FN6O/c1-28(19-11-14-3-2-4-18(25-14)22(19)23)21-8-7-17(26-27-21)16-6-5-15(12-20(16)30)29-10-9-24-13-29/h5-10,12-14,18-19,22,25,30H,2-4,11H2,1H3/t14-,18+,19+,22-/m0/s1. The maximum atomic E-state index is 15.0. The minimum absolute atomic E-state index is 0.0665. The molecule has 2 bridgehead atoms. The van der Waals surface area contributed by atoms with Gasteiger partial charge in [-0.05, 0) is 43.5 Å². The lowest BCUT2D eigenvalue weighted by atomic mass is 9.82. The topological polar surface area (TPSA) is 79.1 Å². The molecule has 4 heterocycles. The Morgan fingerprint density at radius 2 is 2.10 bits per heavy atom. The summed E-state index contributed by atoms with van der Waals surface area (Å²) in [4.78, 5) is 5.93. The molecule has 1 aromatic carbocycles. The van der Waals surface area contributed by atoms with E-state index in [1.54, 1.807) is 18.6 Å². The lowest BCUT2D eigenvalue weighted by Crippen LogP contribution is -2.61. The number of nitrogens with zero attached hydrogens (tertiary/aromatic N) is 5. The molecular formula is C22H25FN6O. The second-order valence-electron chi connectivity index (χ2n) is 8.21. The van der Waals surface area contributed by atoms with Crippen molar-refractivity contribution in [1.29, 1.82) is 0 Å². The van der Waals surface area contributed by atoms with Gasteiger partial charge in [-0.25, -0.2) is 9.37 Å². The molecule has 156 valence electrons. The number of aromatic hydroxyl groups is 1. The fourth-order valence-electron chi connectivity index (χ4n) is 4.69. The maximum absolute atomic E-state index is 15.0. The first-order chi connectivity index (χ1) is 14.6. The number of anilines is 1. The molecule has 2 aliphatic rings. The van der Waals surface area contributed by atoms with E-state index in [4.69, 9.17) is 0 Å². The Balaban J connectivity index is 1.35. The Labute approximate surface area is 174 Å². The third-order valence-corrected chi connectivity index (χ3v) is 6.36. The second kappa shape index (κ2) is 7.68. The Morgan fingerprint density at radius 1 is 1.20 bits per heavy atom. The Hall–Kier alpha value is -3.00. The van der Waals surface area contributed by atoms with Gasteiger partial charge < -0.3 is 19.9 Å². The van der Waals surface area contributed by atoms with E-state index in [9.17, 15) is 5.11 Å². The van der Waals surface area contributed by atoms with Gasteiger partial charge in [-0.15, -0.1) is 10.2 Å². The van der Waals surface area contributed by atoms with Crippen LogP contribution in [-0.4, -0.2) is 56.2 Å². The van der Waals surface area contributed by atoms with Crippen molar-refractivity contribution in [1.82, 2.24) is 25.1 Å². The van der Waals surface area contributed by atoms with E-state index in [0.29, 0.717) is 23.1 Å². The largest absolute Gasteiger partial charge is 0.507 e. The summed E-state index contributed by atoms with van der Waals surface area (Å²) in [6.07, 6.45) is 8.10. The molecule has 0 radical (unpaired) electrons. The number of phenols is 1. The third kappa shape index (κ3) is 3.41. The Kier molecular flexibility index (Phi) is 4.86.